The molecule has 1 aromatic carbocycles. The van der Waals surface area contributed by atoms with E-state index in [1.807, 2.05) is 31.4 Å². The zero-order valence-corrected chi connectivity index (χ0v) is 6.63. The molecule has 11 heavy (non-hydrogen) atoms. The molecule has 1 radical (unpaired) electrons. The zero-order chi connectivity index (χ0) is 8.10. The molecule has 57 valence electrons. The van der Waals surface area contributed by atoms with Gasteiger partial charge in [-0.2, -0.15) is 0 Å². The Morgan fingerprint density at radius 2 is 2.27 bits per heavy atom. The van der Waals surface area contributed by atoms with Crippen molar-refractivity contribution in [2.24, 2.45) is 0 Å². The first-order valence-corrected chi connectivity index (χ1v) is 3.73. The van der Waals surface area contributed by atoms with E-state index < -0.39 is 0 Å². The second-order valence-electron chi connectivity index (χ2n) is 2.63. The van der Waals surface area contributed by atoms with Gasteiger partial charge in [0.25, 0.3) is 0 Å². The van der Waals surface area contributed by atoms with Crippen LogP contribution < -0.4 is 0 Å². The summed E-state index contributed by atoms with van der Waals surface area (Å²) in [5.74, 6) is 0. The Balaban J connectivity index is 2.63. The van der Waals surface area contributed by atoms with Gasteiger partial charge in [0.2, 0.25) is 0 Å². The van der Waals surface area contributed by atoms with Gasteiger partial charge in [-0.1, -0.05) is 29.8 Å². The fraction of sp³-hybridized carbons (Fsp3) is 0.300. The molecule has 0 spiro atoms. The van der Waals surface area contributed by atoms with Crippen LogP contribution in [0.5, 0.6) is 0 Å². The first kappa shape index (κ1) is 7.99. The van der Waals surface area contributed by atoms with E-state index >= 15 is 0 Å². The monoisotopic (exact) mass is 147 g/mol. The summed E-state index contributed by atoms with van der Waals surface area (Å²) in [6.07, 6.45) is 3.20. The van der Waals surface area contributed by atoms with Crippen LogP contribution in [-0.4, -0.2) is 6.29 Å². The highest BCUT2D eigenvalue weighted by atomic mass is 16.1. The quantitative estimate of drug-likeness (QED) is 0.639. The minimum atomic E-state index is 0.503. The molecule has 0 saturated heterocycles. The molecular weight excluding hydrogens is 136 g/mol. The lowest BCUT2D eigenvalue weighted by molar-refractivity contribution is 0.551. The van der Waals surface area contributed by atoms with Crippen molar-refractivity contribution in [1.82, 2.24) is 0 Å². The second kappa shape index (κ2) is 3.91. The van der Waals surface area contributed by atoms with Gasteiger partial charge in [-0.15, -0.1) is 0 Å². The van der Waals surface area contributed by atoms with Crippen LogP contribution in [0.1, 0.15) is 17.5 Å². The highest BCUT2D eigenvalue weighted by Gasteiger charge is 1.91. The number of hydrogen-bond donors (Lipinski definition) is 0. The first-order chi connectivity index (χ1) is 5.33. The van der Waals surface area contributed by atoms with Crippen LogP contribution in [0.25, 0.3) is 0 Å². The Morgan fingerprint density at radius 1 is 1.45 bits per heavy atom. The van der Waals surface area contributed by atoms with Gasteiger partial charge in [-0.25, -0.2) is 0 Å². The van der Waals surface area contributed by atoms with Crippen LogP contribution in [0.3, 0.4) is 0 Å². The van der Waals surface area contributed by atoms with Crippen LogP contribution in [0.15, 0.2) is 24.3 Å². The second-order valence-corrected chi connectivity index (χ2v) is 2.63. The molecule has 0 atom stereocenters. The SMILES string of the molecule is Cc1cccc(CC[C]=O)c1. The van der Waals surface area contributed by atoms with Crippen molar-refractivity contribution in [3.8, 4) is 0 Å². The normalized spacial score (nSPS) is 9.55. The fourth-order valence-electron chi connectivity index (χ4n) is 1.06. The highest BCUT2D eigenvalue weighted by Crippen LogP contribution is 2.05. The van der Waals surface area contributed by atoms with Crippen molar-refractivity contribution in [3.63, 3.8) is 0 Å². The van der Waals surface area contributed by atoms with E-state index in [1.165, 1.54) is 11.1 Å². The molecule has 1 heteroatoms. The van der Waals surface area contributed by atoms with E-state index in [1.54, 1.807) is 0 Å². The minimum Gasteiger partial charge on any atom is -0.291 e. The maximum absolute atomic E-state index is 9.94. The molecule has 0 heterocycles. The topological polar surface area (TPSA) is 17.1 Å². The predicted octanol–water partition coefficient (Wildman–Crippen LogP) is 2.04. The van der Waals surface area contributed by atoms with Crippen LogP contribution in [-0.2, 0) is 11.2 Å². The van der Waals surface area contributed by atoms with E-state index in [-0.39, 0.29) is 0 Å². The highest BCUT2D eigenvalue weighted by molar-refractivity contribution is 5.51. The van der Waals surface area contributed by atoms with Gasteiger partial charge in [-0.05, 0) is 18.9 Å². The molecule has 1 rings (SSSR count). The standard InChI is InChI=1S/C10H11O/c1-9-4-2-5-10(8-9)6-3-7-11/h2,4-5,8H,3,6H2,1H3. The van der Waals surface area contributed by atoms with Crippen LogP contribution in [0.2, 0.25) is 0 Å². The van der Waals surface area contributed by atoms with Gasteiger partial charge >= 0.3 is 0 Å². The summed E-state index contributed by atoms with van der Waals surface area (Å²) in [5, 5.41) is 0. The third kappa shape index (κ3) is 2.54. The summed E-state index contributed by atoms with van der Waals surface area (Å²) in [4.78, 5) is 9.94. The van der Waals surface area contributed by atoms with Gasteiger partial charge in [0, 0.05) is 6.42 Å². The largest absolute Gasteiger partial charge is 0.291 e. The fourth-order valence-corrected chi connectivity index (χ4v) is 1.06. The van der Waals surface area contributed by atoms with Gasteiger partial charge in [0.15, 0.2) is 6.29 Å². The summed E-state index contributed by atoms with van der Waals surface area (Å²) in [7, 11) is 0. The lowest BCUT2D eigenvalue weighted by atomic mass is 10.1. The summed E-state index contributed by atoms with van der Waals surface area (Å²) in [6, 6.07) is 8.19. The number of carbonyl (C=O) groups excluding carboxylic acids is 1. The zero-order valence-electron chi connectivity index (χ0n) is 6.63. The minimum absolute atomic E-state index is 0.503. The lowest BCUT2D eigenvalue weighted by Crippen LogP contribution is -1.85. The Hall–Kier alpha value is -1.11. The van der Waals surface area contributed by atoms with E-state index in [0.717, 1.165) is 6.42 Å². The van der Waals surface area contributed by atoms with Crippen molar-refractivity contribution in [2.45, 2.75) is 19.8 Å². The molecule has 0 amide bonds. The van der Waals surface area contributed by atoms with Crippen LogP contribution >= 0.6 is 0 Å². The number of hydrogen-bond acceptors (Lipinski definition) is 1. The van der Waals surface area contributed by atoms with Crippen molar-refractivity contribution < 1.29 is 4.79 Å². The molecule has 0 aromatic heterocycles. The predicted molar refractivity (Wildman–Crippen MR) is 45.2 cm³/mol. The summed E-state index contributed by atoms with van der Waals surface area (Å²) in [6.45, 7) is 2.05. The maximum Gasteiger partial charge on any atom is 0.198 e. The van der Waals surface area contributed by atoms with E-state index in [9.17, 15) is 4.79 Å². The Morgan fingerprint density at radius 3 is 2.91 bits per heavy atom. The average molecular weight is 147 g/mol. The average Bonchev–Trinajstić information content (AvgIpc) is 2.01. The molecule has 0 unspecified atom stereocenters. The first-order valence-electron chi connectivity index (χ1n) is 3.73. The van der Waals surface area contributed by atoms with E-state index in [4.69, 9.17) is 0 Å². The third-order valence-corrected chi connectivity index (χ3v) is 1.60. The summed E-state index contributed by atoms with van der Waals surface area (Å²) >= 11 is 0. The Bertz CT molecular complexity index is 240. The van der Waals surface area contributed by atoms with Crippen molar-refractivity contribution in [1.29, 1.82) is 0 Å². The lowest BCUT2D eigenvalue weighted by Gasteiger charge is -1.97. The summed E-state index contributed by atoms with van der Waals surface area (Å²) in [5.41, 5.74) is 2.46. The number of aryl methyl sites for hydroxylation is 2. The molecule has 0 aliphatic carbocycles. The number of rotatable bonds is 3. The molecule has 0 saturated carbocycles. The Kier molecular flexibility index (Phi) is 2.84. The molecular formula is C10H11O. The molecule has 0 bridgehead atoms. The molecule has 0 aliphatic rings. The van der Waals surface area contributed by atoms with Crippen LogP contribution in [0.4, 0.5) is 0 Å². The molecule has 0 fully saturated rings. The number of benzene rings is 1. The Labute approximate surface area is 67.1 Å². The van der Waals surface area contributed by atoms with E-state index in [0.29, 0.717) is 6.42 Å². The van der Waals surface area contributed by atoms with E-state index in [2.05, 4.69) is 6.07 Å². The van der Waals surface area contributed by atoms with Gasteiger partial charge < -0.3 is 0 Å². The van der Waals surface area contributed by atoms with Gasteiger partial charge in [0.05, 0.1) is 0 Å². The maximum atomic E-state index is 9.94. The van der Waals surface area contributed by atoms with Crippen LogP contribution in [0, 0.1) is 6.92 Å². The van der Waals surface area contributed by atoms with Crippen molar-refractivity contribution in [2.75, 3.05) is 0 Å². The molecule has 1 nitrogen and oxygen atoms in total. The molecule has 0 aliphatic heterocycles. The van der Waals surface area contributed by atoms with Crippen molar-refractivity contribution >= 4 is 6.29 Å². The molecule has 0 N–H and O–H groups in total. The van der Waals surface area contributed by atoms with Gasteiger partial charge in [-0.3, -0.25) is 4.79 Å². The summed E-state index contributed by atoms with van der Waals surface area (Å²) < 4.78 is 0. The third-order valence-electron chi connectivity index (χ3n) is 1.60. The van der Waals surface area contributed by atoms with Crippen molar-refractivity contribution in [3.05, 3.63) is 35.4 Å². The molecule has 1 aromatic rings. The van der Waals surface area contributed by atoms with Gasteiger partial charge in [0.1, 0.15) is 0 Å². The smallest absolute Gasteiger partial charge is 0.198 e.